The van der Waals surface area contributed by atoms with Crippen LogP contribution >= 0.6 is 0 Å². The van der Waals surface area contributed by atoms with E-state index in [1.54, 1.807) is 6.20 Å². The summed E-state index contributed by atoms with van der Waals surface area (Å²) in [5.74, 6) is 0.0546. The maximum Gasteiger partial charge on any atom is 0.241 e. The van der Waals surface area contributed by atoms with Gasteiger partial charge in [0.2, 0.25) is 5.91 Å². The quantitative estimate of drug-likeness (QED) is 0.649. The van der Waals surface area contributed by atoms with E-state index in [1.807, 2.05) is 47.3 Å². The SMILES string of the molecule is O=C(NC1CC1)C(NCc1ccc(Cn2cccn2)cc1)c1ccccc1. The van der Waals surface area contributed by atoms with Gasteiger partial charge in [-0.15, -0.1) is 0 Å². The lowest BCUT2D eigenvalue weighted by Gasteiger charge is -2.19. The average Bonchev–Trinajstić information content (AvgIpc) is 3.36. The number of hydrogen-bond acceptors (Lipinski definition) is 3. The normalized spacial score (nSPS) is 14.7. The van der Waals surface area contributed by atoms with Gasteiger partial charge < -0.3 is 5.32 Å². The van der Waals surface area contributed by atoms with Crippen LogP contribution in [0.4, 0.5) is 0 Å². The molecule has 27 heavy (non-hydrogen) atoms. The summed E-state index contributed by atoms with van der Waals surface area (Å²) in [6.45, 7) is 1.40. The third kappa shape index (κ3) is 4.83. The molecule has 0 spiro atoms. The van der Waals surface area contributed by atoms with E-state index in [4.69, 9.17) is 0 Å². The maximum absolute atomic E-state index is 12.7. The van der Waals surface area contributed by atoms with Crippen molar-refractivity contribution in [2.24, 2.45) is 0 Å². The summed E-state index contributed by atoms with van der Waals surface area (Å²) >= 11 is 0. The number of aromatic nitrogens is 2. The topological polar surface area (TPSA) is 59.0 Å². The first-order chi connectivity index (χ1) is 13.3. The highest BCUT2D eigenvalue weighted by molar-refractivity contribution is 5.83. The van der Waals surface area contributed by atoms with Crippen molar-refractivity contribution in [1.82, 2.24) is 20.4 Å². The lowest BCUT2D eigenvalue weighted by molar-refractivity contribution is -0.123. The minimum absolute atomic E-state index is 0.0546. The Balaban J connectivity index is 1.40. The minimum Gasteiger partial charge on any atom is -0.352 e. The second kappa shape index (κ2) is 8.18. The highest BCUT2D eigenvalue weighted by Crippen LogP contribution is 2.21. The zero-order valence-corrected chi connectivity index (χ0v) is 15.2. The summed E-state index contributed by atoms with van der Waals surface area (Å²) < 4.78 is 1.90. The molecule has 1 aliphatic carbocycles. The van der Waals surface area contributed by atoms with Gasteiger partial charge in [0.15, 0.2) is 0 Å². The summed E-state index contributed by atoms with van der Waals surface area (Å²) in [7, 11) is 0. The predicted molar refractivity (Wildman–Crippen MR) is 105 cm³/mol. The van der Waals surface area contributed by atoms with Gasteiger partial charge in [0.25, 0.3) is 0 Å². The molecule has 1 atom stereocenters. The van der Waals surface area contributed by atoms with Crippen molar-refractivity contribution >= 4 is 5.91 Å². The van der Waals surface area contributed by atoms with Crippen molar-refractivity contribution in [3.8, 4) is 0 Å². The van der Waals surface area contributed by atoms with Crippen LogP contribution in [0.5, 0.6) is 0 Å². The van der Waals surface area contributed by atoms with E-state index in [9.17, 15) is 4.79 Å². The zero-order chi connectivity index (χ0) is 18.5. The Kier molecular flexibility index (Phi) is 5.30. The number of nitrogens with one attached hydrogen (secondary N) is 2. The molecule has 1 unspecified atom stereocenters. The Morgan fingerprint density at radius 2 is 1.78 bits per heavy atom. The van der Waals surface area contributed by atoms with Gasteiger partial charge in [-0.3, -0.25) is 14.8 Å². The molecule has 0 saturated heterocycles. The van der Waals surface area contributed by atoms with E-state index in [0.717, 1.165) is 30.5 Å². The van der Waals surface area contributed by atoms with Gasteiger partial charge in [0, 0.05) is 25.0 Å². The van der Waals surface area contributed by atoms with Crippen molar-refractivity contribution in [3.05, 3.63) is 89.7 Å². The van der Waals surface area contributed by atoms with E-state index in [-0.39, 0.29) is 11.9 Å². The van der Waals surface area contributed by atoms with E-state index in [2.05, 4.69) is 40.0 Å². The third-order valence-corrected chi connectivity index (χ3v) is 4.76. The molecule has 138 valence electrons. The molecule has 1 heterocycles. The lowest BCUT2D eigenvalue weighted by atomic mass is 10.1. The summed E-state index contributed by atoms with van der Waals surface area (Å²) in [5, 5.41) is 10.8. The standard InChI is InChI=1S/C22H24N4O/c27-22(25-20-11-12-20)21(19-5-2-1-3-6-19)23-15-17-7-9-18(10-8-17)16-26-14-4-13-24-26/h1-10,13-14,20-21,23H,11-12,15-16H2,(H,25,27). The number of rotatable bonds is 8. The Labute approximate surface area is 159 Å². The van der Waals surface area contributed by atoms with E-state index >= 15 is 0 Å². The van der Waals surface area contributed by atoms with Gasteiger partial charge >= 0.3 is 0 Å². The van der Waals surface area contributed by atoms with E-state index in [1.165, 1.54) is 5.56 Å². The maximum atomic E-state index is 12.7. The zero-order valence-electron chi connectivity index (χ0n) is 15.2. The van der Waals surface area contributed by atoms with E-state index in [0.29, 0.717) is 12.6 Å². The van der Waals surface area contributed by atoms with Gasteiger partial charge in [0.05, 0.1) is 6.54 Å². The fourth-order valence-corrected chi connectivity index (χ4v) is 3.08. The number of carbonyl (C=O) groups is 1. The molecular weight excluding hydrogens is 336 g/mol. The molecule has 0 aliphatic heterocycles. The van der Waals surface area contributed by atoms with Crippen LogP contribution in [0.25, 0.3) is 0 Å². The molecule has 0 radical (unpaired) electrons. The molecule has 5 nitrogen and oxygen atoms in total. The molecule has 1 saturated carbocycles. The Morgan fingerprint density at radius 3 is 2.44 bits per heavy atom. The monoisotopic (exact) mass is 360 g/mol. The predicted octanol–water partition coefficient (Wildman–Crippen LogP) is 3.04. The molecule has 4 rings (SSSR count). The Bertz CT molecular complexity index is 855. The smallest absolute Gasteiger partial charge is 0.241 e. The molecule has 1 fully saturated rings. The minimum atomic E-state index is -0.337. The second-order valence-corrected chi connectivity index (χ2v) is 7.03. The highest BCUT2D eigenvalue weighted by Gasteiger charge is 2.28. The van der Waals surface area contributed by atoms with E-state index < -0.39 is 0 Å². The summed E-state index contributed by atoms with van der Waals surface area (Å²) in [5.41, 5.74) is 3.35. The number of benzene rings is 2. The molecule has 3 aromatic rings. The molecule has 5 heteroatoms. The molecule has 1 aliphatic rings. The van der Waals surface area contributed by atoms with Gasteiger partial charge in [0.1, 0.15) is 6.04 Å². The van der Waals surface area contributed by atoms with Gasteiger partial charge in [-0.1, -0.05) is 54.6 Å². The summed E-state index contributed by atoms with van der Waals surface area (Å²) in [6.07, 6.45) is 5.92. The van der Waals surface area contributed by atoms with Crippen molar-refractivity contribution < 1.29 is 4.79 Å². The molecular formula is C22H24N4O. The first-order valence-electron chi connectivity index (χ1n) is 9.42. The summed E-state index contributed by atoms with van der Waals surface area (Å²) in [4.78, 5) is 12.7. The second-order valence-electron chi connectivity index (χ2n) is 7.03. The first kappa shape index (κ1) is 17.5. The average molecular weight is 360 g/mol. The lowest BCUT2D eigenvalue weighted by Crippen LogP contribution is -2.38. The van der Waals surface area contributed by atoms with Crippen molar-refractivity contribution in [2.75, 3.05) is 0 Å². The molecule has 0 bridgehead atoms. The van der Waals surface area contributed by atoms with Crippen LogP contribution in [0.15, 0.2) is 73.1 Å². The van der Waals surface area contributed by atoms with Gasteiger partial charge in [-0.2, -0.15) is 5.10 Å². The van der Waals surface area contributed by atoms with Crippen LogP contribution < -0.4 is 10.6 Å². The van der Waals surface area contributed by atoms with Crippen LogP contribution in [0, 0.1) is 0 Å². The van der Waals surface area contributed by atoms with Crippen LogP contribution in [-0.2, 0) is 17.9 Å². The Hall–Kier alpha value is -2.92. The molecule has 1 amide bonds. The molecule has 1 aromatic heterocycles. The van der Waals surface area contributed by atoms with Gasteiger partial charge in [-0.05, 0) is 35.6 Å². The third-order valence-electron chi connectivity index (χ3n) is 4.76. The highest BCUT2D eigenvalue weighted by atomic mass is 16.2. The van der Waals surface area contributed by atoms with Crippen LogP contribution in [0.3, 0.4) is 0 Å². The van der Waals surface area contributed by atoms with Crippen molar-refractivity contribution in [1.29, 1.82) is 0 Å². The van der Waals surface area contributed by atoms with Crippen molar-refractivity contribution in [3.63, 3.8) is 0 Å². The Morgan fingerprint density at radius 1 is 1.04 bits per heavy atom. The fourth-order valence-electron chi connectivity index (χ4n) is 3.08. The number of nitrogens with zero attached hydrogens (tertiary/aromatic N) is 2. The largest absolute Gasteiger partial charge is 0.352 e. The van der Waals surface area contributed by atoms with Crippen LogP contribution in [-0.4, -0.2) is 21.7 Å². The van der Waals surface area contributed by atoms with Crippen LogP contribution in [0.2, 0.25) is 0 Å². The van der Waals surface area contributed by atoms with Crippen LogP contribution in [0.1, 0.15) is 35.6 Å². The summed E-state index contributed by atoms with van der Waals surface area (Å²) in [6, 6.07) is 20.3. The fraction of sp³-hybridized carbons (Fsp3) is 0.273. The molecule has 2 N–H and O–H groups in total. The van der Waals surface area contributed by atoms with Gasteiger partial charge in [-0.25, -0.2) is 0 Å². The first-order valence-corrected chi connectivity index (χ1v) is 9.42. The molecule has 2 aromatic carbocycles. The number of carbonyl (C=O) groups excluding carboxylic acids is 1. The number of hydrogen-bond donors (Lipinski definition) is 2. The van der Waals surface area contributed by atoms with Crippen molar-refractivity contribution in [2.45, 2.75) is 38.0 Å². The number of amides is 1.